The van der Waals surface area contributed by atoms with Crippen LogP contribution in [-0.4, -0.2) is 46.1 Å². The van der Waals surface area contributed by atoms with Crippen molar-refractivity contribution in [3.05, 3.63) is 48.9 Å². The average molecular weight is 450 g/mol. The lowest BCUT2D eigenvalue weighted by Crippen LogP contribution is -2.00. The molecule has 0 radical (unpaired) electrons. The fourth-order valence-corrected chi connectivity index (χ4v) is 3.34. The molecule has 14 heteroatoms. The Labute approximate surface area is 168 Å². The van der Waals surface area contributed by atoms with E-state index >= 15 is 0 Å². The quantitative estimate of drug-likeness (QED) is 0.421. The molecule has 0 aliphatic rings. The molecule has 12 nitrogen and oxygen atoms in total. The molecule has 4 aromatic heterocycles. The van der Waals surface area contributed by atoms with Gasteiger partial charge in [0.25, 0.3) is 0 Å². The molecule has 0 saturated heterocycles. The average Bonchev–Trinajstić information content (AvgIpc) is 3.37. The lowest BCUT2D eigenvalue weighted by molar-refractivity contribution is 0.407. The number of hydrogen-bond acceptors (Lipinski definition) is 10. The molecular formula is C16H10N4O8S2. The molecule has 0 amide bonds. The third-order valence-corrected chi connectivity index (χ3v) is 5.20. The van der Waals surface area contributed by atoms with Crippen molar-refractivity contribution in [3.8, 4) is 34.2 Å². The minimum absolute atomic E-state index is 0.000501. The van der Waals surface area contributed by atoms with Gasteiger partial charge in [-0.1, -0.05) is 6.07 Å². The molecule has 154 valence electrons. The van der Waals surface area contributed by atoms with Crippen LogP contribution in [0.15, 0.2) is 67.9 Å². The van der Waals surface area contributed by atoms with E-state index in [-0.39, 0.29) is 28.5 Å². The van der Waals surface area contributed by atoms with Crippen LogP contribution in [0.2, 0.25) is 0 Å². The fraction of sp³-hybridized carbons (Fsp3) is 0. The second-order valence-corrected chi connectivity index (χ2v) is 8.48. The predicted molar refractivity (Wildman–Crippen MR) is 98.1 cm³/mol. The first-order chi connectivity index (χ1) is 14.1. The molecule has 0 aliphatic heterocycles. The van der Waals surface area contributed by atoms with Crippen LogP contribution in [0.3, 0.4) is 0 Å². The van der Waals surface area contributed by atoms with E-state index in [1.165, 1.54) is 12.3 Å². The highest BCUT2D eigenvalue weighted by atomic mass is 32.2. The number of pyridine rings is 1. The van der Waals surface area contributed by atoms with E-state index < -0.39 is 30.4 Å². The van der Waals surface area contributed by atoms with Crippen molar-refractivity contribution >= 4 is 20.2 Å². The highest BCUT2D eigenvalue weighted by molar-refractivity contribution is 7.85. The summed E-state index contributed by atoms with van der Waals surface area (Å²) in [7, 11) is -9.23. The molecule has 4 heterocycles. The van der Waals surface area contributed by atoms with Crippen LogP contribution in [0, 0.1) is 0 Å². The molecule has 0 unspecified atom stereocenters. The first-order valence-electron chi connectivity index (χ1n) is 7.93. The van der Waals surface area contributed by atoms with E-state index in [2.05, 4.69) is 20.2 Å². The van der Waals surface area contributed by atoms with Gasteiger partial charge in [0.05, 0.1) is 0 Å². The van der Waals surface area contributed by atoms with Gasteiger partial charge in [0.2, 0.25) is 16.0 Å². The first-order valence-corrected chi connectivity index (χ1v) is 10.8. The lowest BCUT2D eigenvalue weighted by Gasteiger charge is -2.05. The second kappa shape index (κ2) is 7.10. The summed E-state index contributed by atoms with van der Waals surface area (Å²) >= 11 is 0. The summed E-state index contributed by atoms with van der Waals surface area (Å²) in [5.41, 5.74) is 0.358. The smallest absolute Gasteiger partial charge is 0.328 e. The van der Waals surface area contributed by atoms with E-state index in [0.717, 1.165) is 18.4 Å². The summed E-state index contributed by atoms with van der Waals surface area (Å²) in [5.74, 6) is -0.0506. The van der Waals surface area contributed by atoms with Crippen molar-refractivity contribution in [2.24, 2.45) is 0 Å². The number of furan rings is 2. The van der Waals surface area contributed by atoms with Gasteiger partial charge in [-0.05, 0) is 24.3 Å². The Morgan fingerprint density at radius 2 is 1.63 bits per heavy atom. The topological polar surface area (TPSA) is 187 Å². The van der Waals surface area contributed by atoms with Crippen molar-refractivity contribution in [1.29, 1.82) is 0 Å². The van der Waals surface area contributed by atoms with Crippen molar-refractivity contribution in [1.82, 2.24) is 20.2 Å². The largest absolute Gasteiger partial charge is 0.450 e. The van der Waals surface area contributed by atoms with Crippen LogP contribution < -0.4 is 0 Å². The van der Waals surface area contributed by atoms with Crippen molar-refractivity contribution in [3.63, 3.8) is 0 Å². The van der Waals surface area contributed by atoms with Gasteiger partial charge < -0.3 is 8.83 Å². The summed E-state index contributed by atoms with van der Waals surface area (Å²) in [6.07, 6.45) is 2.51. The number of nitrogens with zero attached hydrogens (tertiary/aromatic N) is 4. The monoisotopic (exact) mass is 450 g/mol. The first kappa shape index (κ1) is 19.8. The van der Waals surface area contributed by atoms with Gasteiger partial charge in [-0.25, -0.2) is 4.98 Å². The van der Waals surface area contributed by atoms with Gasteiger partial charge in [-0.2, -0.15) is 16.8 Å². The molecule has 0 saturated carbocycles. The molecule has 4 aromatic rings. The highest BCUT2D eigenvalue weighted by Gasteiger charge is 2.24. The van der Waals surface area contributed by atoms with Crippen molar-refractivity contribution in [2.45, 2.75) is 10.2 Å². The Hall–Kier alpha value is -3.46. The van der Waals surface area contributed by atoms with Crippen LogP contribution in [-0.2, 0) is 20.2 Å². The molecule has 2 N–H and O–H groups in total. The summed E-state index contributed by atoms with van der Waals surface area (Å²) < 4.78 is 73.5. The van der Waals surface area contributed by atoms with Crippen LogP contribution >= 0.6 is 0 Å². The number of hydrogen-bond donors (Lipinski definition) is 2. The zero-order valence-electron chi connectivity index (χ0n) is 14.6. The molecule has 0 aliphatic carbocycles. The molecule has 0 fully saturated rings. The van der Waals surface area contributed by atoms with E-state index in [4.69, 9.17) is 17.9 Å². The molecular weight excluding hydrogens is 440 g/mol. The third-order valence-electron chi connectivity index (χ3n) is 3.75. The van der Waals surface area contributed by atoms with E-state index in [1.54, 1.807) is 18.2 Å². The highest BCUT2D eigenvalue weighted by Crippen LogP contribution is 2.33. The predicted octanol–water partition coefficient (Wildman–Crippen LogP) is 1.95. The Bertz CT molecular complexity index is 1440. The summed E-state index contributed by atoms with van der Waals surface area (Å²) in [5, 5.41) is 6.47. The van der Waals surface area contributed by atoms with Crippen molar-refractivity contribution in [2.75, 3.05) is 0 Å². The maximum absolute atomic E-state index is 11.3. The van der Waals surface area contributed by atoms with Crippen molar-refractivity contribution < 1.29 is 34.8 Å². The maximum atomic E-state index is 11.3. The Morgan fingerprint density at radius 3 is 2.23 bits per heavy atom. The van der Waals surface area contributed by atoms with Gasteiger partial charge in [-0.3, -0.25) is 14.1 Å². The van der Waals surface area contributed by atoms with Crippen LogP contribution in [0.25, 0.3) is 34.2 Å². The van der Waals surface area contributed by atoms with E-state index in [1.807, 2.05) is 0 Å². The normalized spacial score (nSPS) is 12.2. The van der Waals surface area contributed by atoms with Crippen LogP contribution in [0.1, 0.15) is 0 Å². The van der Waals surface area contributed by atoms with Gasteiger partial charge in [-0.15, -0.1) is 10.2 Å². The molecule has 0 bridgehead atoms. The fourth-order valence-electron chi connectivity index (χ4n) is 2.46. The molecule has 0 aromatic carbocycles. The zero-order valence-corrected chi connectivity index (χ0v) is 16.2. The Balaban J connectivity index is 1.92. The van der Waals surface area contributed by atoms with E-state index in [9.17, 15) is 16.8 Å². The summed E-state index contributed by atoms with van der Waals surface area (Å²) in [6.45, 7) is 0. The Kier molecular flexibility index (Phi) is 4.70. The standard InChI is InChI=1S/C16H10N4O8S2/c21-29(22,23)12-5-4-11(28-12)15-14(9-7-13(27-8-9)30(24,25)26)18-16(20-19-15)10-3-1-2-6-17-10/h1-8H,(H,21,22,23)(H,24,25,26). The molecule has 4 rings (SSSR count). The third kappa shape index (κ3) is 3.84. The summed E-state index contributed by atoms with van der Waals surface area (Å²) in [4.78, 5) is 8.42. The maximum Gasteiger partial charge on any atom is 0.328 e. The number of rotatable bonds is 5. The minimum atomic E-state index is -4.62. The molecule has 30 heavy (non-hydrogen) atoms. The van der Waals surface area contributed by atoms with E-state index in [0.29, 0.717) is 5.69 Å². The molecule has 0 atom stereocenters. The van der Waals surface area contributed by atoms with Gasteiger partial charge in [0.1, 0.15) is 17.7 Å². The number of aromatic nitrogens is 4. The Morgan fingerprint density at radius 1 is 0.867 bits per heavy atom. The van der Waals surface area contributed by atoms with Gasteiger partial charge >= 0.3 is 20.2 Å². The minimum Gasteiger partial charge on any atom is -0.450 e. The lowest BCUT2D eigenvalue weighted by atomic mass is 10.1. The molecule has 0 spiro atoms. The summed E-state index contributed by atoms with van der Waals surface area (Å²) in [6, 6.07) is 8.20. The zero-order chi connectivity index (χ0) is 21.5. The van der Waals surface area contributed by atoms with Crippen LogP contribution in [0.5, 0.6) is 0 Å². The second-order valence-electron chi connectivity index (χ2n) is 5.77. The van der Waals surface area contributed by atoms with Gasteiger partial charge in [0, 0.05) is 17.8 Å². The SMILES string of the molecule is O=S(=O)(O)c1cc(-c2nc(-c3ccccn3)nnc2-c2ccc(S(=O)(=O)O)o2)co1. The van der Waals surface area contributed by atoms with Gasteiger partial charge in [0.15, 0.2) is 11.5 Å². The van der Waals surface area contributed by atoms with Crippen LogP contribution in [0.4, 0.5) is 0 Å².